The largest absolute Gasteiger partial charge is 0.473 e. The van der Waals surface area contributed by atoms with Crippen LogP contribution in [-0.2, 0) is 14.4 Å². The quantitative estimate of drug-likeness (QED) is 0.589. The number of rotatable bonds is 6. The molecule has 8 nitrogen and oxygen atoms in total. The van der Waals surface area contributed by atoms with Gasteiger partial charge in [-0.15, -0.1) is 0 Å². The molecule has 3 rings (SSSR count). The van der Waals surface area contributed by atoms with E-state index in [1.54, 1.807) is 0 Å². The molecule has 1 aliphatic heterocycles. The van der Waals surface area contributed by atoms with Gasteiger partial charge in [0.1, 0.15) is 0 Å². The van der Waals surface area contributed by atoms with Gasteiger partial charge in [0.05, 0.1) is 12.1 Å². The molecule has 1 amide bonds. The zero-order chi connectivity index (χ0) is 23.5. The molecule has 1 aliphatic rings. The van der Waals surface area contributed by atoms with Gasteiger partial charge in [0.25, 0.3) is 0 Å². The Morgan fingerprint density at radius 3 is 1.66 bits per heavy atom. The monoisotopic (exact) mass is 441 g/mol. The summed E-state index contributed by atoms with van der Waals surface area (Å²) in [5.74, 6) is -3.56. The van der Waals surface area contributed by atoms with Crippen LogP contribution in [0.1, 0.15) is 31.0 Å². The van der Waals surface area contributed by atoms with Gasteiger partial charge in [-0.1, -0.05) is 67.6 Å². The lowest BCUT2D eigenvalue weighted by Crippen LogP contribution is -2.54. The van der Waals surface area contributed by atoms with Crippen molar-refractivity contribution in [3.63, 3.8) is 0 Å². The van der Waals surface area contributed by atoms with E-state index in [4.69, 9.17) is 19.8 Å². The normalized spacial score (nSPS) is 15.3. The molecule has 0 saturated carbocycles. The molecule has 32 heavy (non-hydrogen) atoms. The fourth-order valence-electron chi connectivity index (χ4n) is 3.55. The number of hydrogen-bond acceptors (Lipinski definition) is 5. The van der Waals surface area contributed by atoms with Crippen LogP contribution in [0, 0.1) is 0 Å². The Morgan fingerprint density at radius 1 is 0.844 bits per heavy atom. The number of carboxylic acid groups (broad SMARTS) is 2. The Morgan fingerprint density at radius 2 is 1.28 bits per heavy atom. The Labute approximate surface area is 188 Å². The molecular weight excluding hydrogens is 410 g/mol. The lowest BCUT2D eigenvalue weighted by molar-refractivity contribution is -0.159. The molecule has 1 atom stereocenters. The van der Waals surface area contributed by atoms with Crippen molar-refractivity contribution < 1.29 is 24.6 Å². The first kappa shape index (κ1) is 25.0. The van der Waals surface area contributed by atoms with Crippen LogP contribution >= 0.6 is 0 Å². The van der Waals surface area contributed by atoms with Crippen LogP contribution in [0.25, 0.3) is 0 Å². The Balaban J connectivity index is 0.000000534. The molecule has 1 saturated heterocycles. The maximum atomic E-state index is 13.0. The second-order valence-corrected chi connectivity index (χ2v) is 7.52. The van der Waals surface area contributed by atoms with Gasteiger partial charge < -0.3 is 20.4 Å². The zero-order valence-corrected chi connectivity index (χ0v) is 18.5. The highest BCUT2D eigenvalue weighted by Gasteiger charge is 2.27. The number of hydrogen-bond donors (Lipinski definition) is 3. The number of carbonyl (C=O) groups is 3. The smallest absolute Gasteiger partial charge is 0.414 e. The van der Waals surface area contributed by atoms with Gasteiger partial charge in [-0.25, -0.2) is 9.59 Å². The molecular formula is C24H31N3O5. The number of amides is 1. The van der Waals surface area contributed by atoms with Gasteiger partial charge in [0.15, 0.2) is 0 Å². The number of piperazine rings is 1. The first-order valence-electron chi connectivity index (χ1n) is 10.7. The predicted octanol–water partition coefficient (Wildman–Crippen LogP) is 2.07. The van der Waals surface area contributed by atoms with Gasteiger partial charge in [0.2, 0.25) is 5.91 Å². The summed E-state index contributed by atoms with van der Waals surface area (Å²) in [6, 6.07) is 20.1. The molecule has 1 fully saturated rings. The van der Waals surface area contributed by atoms with E-state index in [2.05, 4.69) is 46.3 Å². The van der Waals surface area contributed by atoms with E-state index < -0.39 is 11.9 Å². The third kappa shape index (κ3) is 7.47. The molecule has 172 valence electrons. The lowest BCUT2D eigenvalue weighted by Gasteiger charge is -2.37. The highest BCUT2D eigenvalue weighted by molar-refractivity contribution is 6.27. The summed E-state index contributed by atoms with van der Waals surface area (Å²) in [5, 5.41) is 18.1. The minimum absolute atomic E-state index is 0.0904. The van der Waals surface area contributed by atoms with Crippen LogP contribution < -0.4 is 5.32 Å². The lowest BCUT2D eigenvalue weighted by atomic mass is 9.98. The first-order chi connectivity index (χ1) is 15.3. The van der Waals surface area contributed by atoms with Gasteiger partial charge in [-0.3, -0.25) is 9.69 Å². The van der Waals surface area contributed by atoms with Crippen molar-refractivity contribution in [1.82, 2.24) is 15.1 Å². The summed E-state index contributed by atoms with van der Waals surface area (Å²) in [6.07, 6.45) is 0. The third-order valence-corrected chi connectivity index (χ3v) is 5.52. The van der Waals surface area contributed by atoms with E-state index in [9.17, 15) is 4.79 Å². The van der Waals surface area contributed by atoms with Crippen molar-refractivity contribution in [3.8, 4) is 0 Å². The number of nitrogens with one attached hydrogen (secondary N) is 1. The zero-order valence-electron chi connectivity index (χ0n) is 18.5. The Kier molecular flexibility index (Phi) is 9.84. The minimum Gasteiger partial charge on any atom is -0.473 e. The highest BCUT2D eigenvalue weighted by atomic mass is 16.4. The van der Waals surface area contributed by atoms with Crippen molar-refractivity contribution in [2.75, 3.05) is 32.7 Å². The van der Waals surface area contributed by atoms with E-state index in [1.165, 1.54) is 0 Å². The van der Waals surface area contributed by atoms with E-state index in [-0.39, 0.29) is 18.0 Å². The Bertz CT molecular complexity index is 816. The fourth-order valence-corrected chi connectivity index (χ4v) is 3.55. The maximum Gasteiger partial charge on any atom is 0.414 e. The van der Waals surface area contributed by atoms with Crippen LogP contribution in [-0.4, -0.2) is 76.6 Å². The third-order valence-electron chi connectivity index (χ3n) is 5.52. The summed E-state index contributed by atoms with van der Waals surface area (Å²) in [5.41, 5.74) is 2.21. The molecule has 2 aromatic rings. The van der Waals surface area contributed by atoms with Crippen molar-refractivity contribution in [3.05, 3.63) is 71.8 Å². The number of likely N-dealkylation sites (N-methyl/N-ethyl adjacent to an activating group) is 1. The number of carbonyl (C=O) groups excluding carboxylic acids is 1. The molecule has 1 heterocycles. The van der Waals surface area contributed by atoms with Crippen molar-refractivity contribution in [1.29, 1.82) is 0 Å². The molecule has 1 unspecified atom stereocenters. The predicted molar refractivity (Wildman–Crippen MR) is 121 cm³/mol. The van der Waals surface area contributed by atoms with E-state index in [0.717, 1.165) is 43.9 Å². The standard InChI is InChI=1S/C22H29N3O.C2H2O4/c1-3-24-14-16-25(17-15-24)18(2)22(26)23-21(19-10-6-4-7-11-19)20-12-8-5-9-13-20;3-1(4)2(5)6/h4-13,18,21H,3,14-17H2,1-2H3,(H,23,26);(H,3,4)(H,5,6). The average Bonchev–Trinajstić information content (AvgIpc) is 2.83. The maximum absolute atomic E-state index is 13.0. The highest BCUT2D eigenvalue weighted by Crippen LogP contribution is 2.22. The molecule has 0 spiro atoms. The van der Waals surface area contributed by atoms with Crippen LogP contribution in [0.15, 0.2) is 60.7 Å². The van der Waals surface area contributed by atoms with Crippen LogP contribution in [0.4, 0.5) is 0 Å². The summed E-state index contributed by atoms with van der Waals surface area (Å²) >= 11 is 0. The number of carboxylic acids is 2. The Hall–Kier alpha value is -3.23. The molecule has 3 N–H and O–H groups in total. The average molecular weight is 442 g/mol. The van der Waals surface area contributed by atoms with Gasteiger partial charge >= 0.3 is 11.9 Å². The van der Waals surface area contributed by atoms with Gasteiger partial charge in [-0.2, -0.15) is 0 Å². The number of nitrogens with zero attached hydrogens (tertiary/aromatic N) is 2. The van der Waals surface area contributed by atoms with Gasteiger partial charge in [-0.05, 0) is 24.6 Å². The summed E-state index contributed by atoms with van der Waals surface area (Å²) < 4.78 is 0. The first-order valence-corrected chi connectivity index (χ1v) is 10.7. The molecule has 2 aromatic carbocycles. The van der Waals surface area contributed by atoms with Crippen LogP contribution in [0.5, 0.6) is 0 Å². The second kappa shape index (κ2) is 12.6. The van der Waals surface area contributed by atoms with Crippen molar-refractivity contribution in [2.45, 2.75) is 25.9 Å². The molecule has 8 heteroatoms. The summed E-state index contributed by atoms with van der Waals surface area (Å²) in [6.45, 7) is 9.26. The molecule has 0 aromatic heterocycles. The van der Waals surface area contributed by atoms with Gasteiger partial charge in [0, 0.05) is 26.2 Å². The number of aliphatic carboxylic acids is 2. The fraction of sp³-hybridized carbons (Fsp3) is 0.375. The van der Waals surface area contributed by atoms with Crippen molar-refractivity contribution in [2.24, 2.45) is 0 Å². The van der Waals surface area contributed by atoms with Crippen LogP contribution in [0.2, 0.25) is 0 Å². The number of benzene rings is 2. The van der Waals surface area contributed by atoms with E-state index >= 15 is 0 Å². The minimum atomic E-state index is -1.82. The van der Waals surface area contributed by atoms with E-state index in [1.807, 2.05) is 43.3 Å². The van der Waals surface area contributed by atoms with Crippen LogP contribution in [0.3, 0.4) is 0 Å². The van der Waals surface area contributed by atoms with Crippen molar-refractivity contribution >= 4 is 17.8 Å². The molecule has 0 aliphatic carbocycles. The SMILES string of the molecule is CCN1CCN(C(C)C(=O)NC(c2ccccc2)c2ccccc2)CC1.O=C(O)C(=O)O. The molecule has 0 bridgehead atoms. The summed E-state index contributed by atoms with van der Waals surface area (Å²) in [4.78, 5) is 35.9. The second-order valence-electron chi connectivity index (χ2n) is 7.52. The van der Waals surface area contributed by atoms with E-state index in [0.29, 0.717) is 0 Å². The summed E-state index contributed by atoms with van der Waals surface area (Å²) in [7, 11) is 0. The topological polar surface area (TPSA) is 110 Å². The molecule has 0 radical (unpaired) electrons.